The Kier molecular flexibility index (Phi) is 6.13. The second kappa shape index (κ2) is 8.71. The molecule has 8 nitrogen and oxygen atoms in total. The number of nitrogens with zero attached hydrogens (tertiary/aromatic N) is 3. The monoisotopic (exact) mass is 459 g/mol. The summed E-state index contributed by atoms with van der Waals surface area (Å²) in [7, 11) is -1.92. The number of benzene rings is 1. The highest BCUT2D eigenvalue weighted by atomic mass is 32.2. The zero-order chi connectivity index (χ0) is 23.0. The average Bonchev–Trinajstić information content (AvgIpc) is 3.39. The van der Waals surface area contributed by atoms with Gasteiger partial charge in [0.2, 0.25) is 21.8 Å². The second-order valence-electron chi connectivity index (χ2n) is 8.68. The lowest BCUT2D eigenvalue weighted by molar-refractivity contribution is -0.136. The number of sulfonamides is 1. The lowest BCUT2D eigenvalue weighted by atomic mass is 9.96. The van der Waals surface area contributed by atoms with Crippen molar-refractivity contribution in [2.75, 3.05) is 25.0 Å². The fourth-order valence-electron chi connectivity index (χ4n) is 4.77. The number of hydrogen-bond donors (Lipinski definition) is 0. The van der Waals surface area contributed by atoms with Crippen LogP contribution in [0.15, 0.2) is 45.9 Å². The molecule has 32 heavy (non-hydrogen) atoms. The van der Waals surface area contributed by atoms with Gasteiger partial charge in [0.15, 0.2) is 0 Å². The van der Waals surface area contributed by atoms with E-state index in [9.17, 15) is 18.0 Å². The molecule has 1 fully saturated rings. The molecule has 3 heterocycles. The molecule has 1 saturated heterocycles. The topological polar surface area (TPSA) is 91.1 Å². The Morgan fingerprint density at radius 2 is 1.91 bits per heavy atom. The van der Waals surface area contributed by atoms with E-state index in [2.05, 4.69) is 0 Å². The molecule has 1 aromatic carbocycles. The van der Waals surface area contributed by atoms with E-state index < -0.39 is 10.0 Å². The van der Waals surface area contributed by atoms with Crippen LogP contribution in [0.25, 0.3) is 0 Å². The second-order valence-corrected chi connectivity index (χ2v) is 10.6. The van der Waals surface area contributed by atoms with Crippen LogP contribution < -0.4 is 4.90 Å². The van der Waals surface area contributed by atoms with Crippen LogP contribution in [-0.4, -0.2) is 55.6 Å². The molecule has 2 aromatic rings. The van der Waals surface area contributed by atoms with Crippen LogP contribution in [0.2, 0.25) is 0 Å². The zero-order valence-electron chi connectivity index (χ0n) is 18.7. The van der Waals surface area contributed by atoms with Gasteiger partial charge in [0.05, 0.1) is 17.7 Å². The minimum absolute atomic E-state index is 0.00860. The Hall–Kier alpha value is -2.65. The van der Waals surface area contributed by atoms with Gasteiger partial charge in [-0.3, -0.25) is 9.59 Å². The Morgan fingerprint density at radius 3 is 2.53 bits per heavy atom. The van der Waals surface area contributed by atoms with Crippen molar-refractivity contribution >= 4 is 27.5 Å². The Morgan fingerprint density at radius 1 is 1.19 bits per heavy atom. The predicted octanol–water partition coefficient (Wildman–Crippen LogP) is 2.64. The fourth-order valence-corrected chi connectivity index (χ4v) is 6.29. The molecule has 9 heteroatoms. The molecule has 2 aliphatic heterocycles. The largest absolute Gasteiger partial charge is 0.467 e. The molecule has 0 bridgehead atoms. The third-order valence-electron chi connectivity index (χ3n) is 6.40. The smallest absolute Gasteiger partial charge is 0.243 e. The van der Waals surface area contributed by atoms with Crippen LogP contribution in [-0.2, 0) is 32.6 Å². The van der Waals surface area contributed by atoms with Gasteiger partial charge in [0, 0.05) is 44.7 Å². The van der Waals surface area contributed by atoms with E-state index in [1.807, 2.05) is 13.0 Å². The first-order valence-electron chi connectivity index (χ1n) is 10.9. The number of carbonyl (C=O) groups is 2. The standard InChI is InChI=1S/C23H29N3O5S/c1-16-13-19-14-21(6-7-22(19)26(16)17(2)27)32(29,30)25-10-8-18(9-11-25)23(28)24(3)15-20-5-4-12-31-20/h4-7,12,14,16,18H,8-11,13,15H2,1-3H3/t16-/m1/s1. The van der Waals surface area contributed by atoms with Gasteiger partial charge in [-0.25, -0.2) is 8.42 Å². The highest BCUT2D eigenvalue weighted by Crippen LogP contribution is 2.35. The van der Waals surface area contributed by atoms with Gasteiger partial charge in [-0.05, 0) is 62.1 Å². The summed E-state index contributed by atoms with van der Waals surface area (Å²) in [6.45, 7) is 4.49. The van der Waals surface area contributed by atoms with Gasteiger partial charge in [0.25, 0.3) is 0 Å². The van der Waals surface area contributed by atoms with E-state index in [4.69, 9.17) is 4.42 Å². The summed E-state index contributed by atoms with van der Waals surface area (Å²) in [6.07, 6.45) is 3.19. The quantitative estimate of drug-likeness (QED) is 0.686. The van der Waals surface area contributed by atoms with Crippen molar-refractivity contribution in [1.82, 2.24) is 9.21 Å². The van der Waals surface area contributed by atoms with Crippen molar-refractivity contribution in [3.63, 3.8) is 0 Å². The van der Waals surface area contributed by atoms with Crippen molar-refractivity contribution in [3.05, 3.63) is 47.9 Å². The van der Waals surface area contributed by atoms with Crippen LogP contribution in [0.3, 0.4) is 0 Å². The van der Waals surface area contributed by atoms with Gasteiger partial charge in [0.1, 0.15) is 5.76 Å². The van der Waals surface area contributed by atoms with Gasteiger partial charge in [-0.2, -0.15) is 4.31 Å². The third-order valence-corrected chi connectivity index (χ3v) is 8.29. The summed E-state index contributed by atoms with van der Waals surface area (Å²) in [5.41, 5.74) is 1.66. The van der Waals surface area contributed by atoms with Crippen LogP contribution in [0.1, 0.15) is 38.0 Å². The van der Waals surface area contributed by atoms with Crippen molar-refractivity contribution in [1.29, 1.82) is 0 Å². The maximum atomic E-state index is 13.2. The van der Waals surface area contributed by atoms with Crippen LogP contribution in [0, 0.1) is 5.92 Å². The summed E-state index contributed by atoms with van der Waals surface area (Å²) in [4.78, 5) is 28.3. The fraction of sp³-hybridized carbons (Fsp3) is 0.478. The molecular formula is C23H29N3O5S. The molecule has 172 valence electrons. The first kappa shape index (κ1) is 22.5. The van der Waals surface area contributed by atoms with Crippen molar-refractivity contribution in [2.45, 2.75) is 50.6 Å². The average molecular weight is 460 g/mol. The van der Waals surface area contributed by atoms with Gasteiger partial charge < -0.3 is 14.2 Å². The molecule has 1 aromatic heterocycles. The summed E-state index contributed by atoms with van der Waals surface area (Å²) in [5.74, 6) is 0.478. The third kappa shape index (κ3) is 4.19. The molecule has 2 aliphatic rings. The maximum absolute atomic E-state index is 13.2. The van der Waals surface area contributed by atoms with E-state index in [0.717, 1.165) is 17.0 Å². The minimum Gasteiger partial charge on any atom is -0.467 e. The predicted molar refractivity (Wildman–Crippen MR) is 119 cm³/mol. The van der Waals surface area contributed by atoms with Crippen LogP contribution >= 0.6 is 0 Å². The number of furan rings is 1. The zero-order valence-corrected chi connectivity index (χ0v) is 19.5. The lowest BCUT2D eigenvalue weighted by Crippen LogP contribution is -2.43. The molecule has 2 amide bonds. The number of piperidine rings is 1. The maximum Gasteiger partial charge on any atom is 0.243 e. The minimum atomic E-state index is -3.66. The summed E-state index contributed by atoms with van der Waals surface area (Å²) in [6, 6.07) is 8.63. The highest BCUT2D eigenvalue weighted by Gasteiger charge is 2.35. The molecule has 0 spiro atoms. The highest BCUT2D eigenvalue weighted by molar-refractivity contribution is 7.89. The molecule has 4 rings (SSSR count). The first-order chi connectivity index (χ1) is 15.2. The molecular weight excluding hydrogens is 430 g/mol. The molecule has 0 aliphatic carbocycles. The lowest BCUT2D eigenvalue weighted by Gasteiger charge is -2.32. The number of anilines is 1. The number of rotatable bonds is 5. The van der Waals surface area contributed by atoms with E-state index in [1.54, 1.807) is 47.4 Å². The van der Waals surface area contributed by atoms with E-state index in [1.165, 1.54) is 11.2 Å². The van der Waals surface area contributed by atoms with Crippen LogP contribution in [0.5, 0.6) is 0 Å². The molecule has 0 radical (unpaired) electrons. The summed E-state index contributed by atoms with van der Waals surface area (Å²) < 4.78 is 33.3. The number of fused-ring (bicyclic) bond motifs is 1. The summed E-state index contributed by atoms with van der Waals surface area (Å²) >= 11 is 0. The Balaban J connectivity index is 1.42. The van der Waals surface area contributed by atoms with Crippen molar-refractivity contribution in [2.24, 2.45) is 5.92 Å². The van der Waals surface area contributed by atoms with E-state index >= 15 is 0 Å². The molecule has 0 N–H and O–H groups in total. The Bertz CT molecular complexity index is 1100. The SMILES string of the molecule is CC(=O)N1c2ccc(S(=O)(=O)N3CCC(C(=O)N(C)Cc4ccco4)CC3)cc2C[C@H]1C. The normalized spacial score (nSPS) is 19.7. The number of amides is 2. The summed E-state index contributed by atoms with van der Waals surface area (Å²) in [5, 5.41) is 0. The molecule has 0 saturated carbocycles. The number of hydrogen-bond acceptors (Lipinski definition) is 5. The van der Waals surface area contributed by atoms with E-state index in [0.29, 0.717) is 38.9 Å². The number of carbonyl (C=O) groups excluding carboxylic acids is 2. The van der Waals surface area contributed by atoms with Crippen molar-refractivity contribution < 1.29 is 22.4 Å². The van der Waals surface area contributed by atoms with Gasteiger partial charge >= 0.3 is 0 Å². The van der Waals surface area contributed by atoms with Gasteiger partial charge in [-0.15, -0.1) is 0 Å². The first-order valence-corrected chi connectivity index (χ1v) is 12.3. The van der Waals surface area contributed by atoms with Gasteiger partial charge in [-0.1, -0.05) is 0 Å². The molecule has 0 unspecified atom stereocenters. The van der Waals surface area contributed by atoms with Crippen LogP contribution in [0.4, 0.5) is 5.69 Å². The van der Waals surface area contributed by atoms with Crippen molar-refractivity contribution in [3.8, 4) is 0 Å². The Labute approximate surface area is 188 Å². The molecule has 1 atom stereocenters. The van der Waals surface area contributed by atoms with E-state index in [-0.39, 0.29) is 28.7 Å².